The van der Waals surface area contributed by atoms with E-state index in [-0.39, 0.29) is 11.8 Å². The van der Waals surface area contributed by atoms with E-state index < -0.39 is 6.04 Å². The van der Waals surface area contributed by atoms with Crippen molar-refractivity contribution in [2.75, 3.05) is 6.54 Å². The number of nitrogens with one attached hydrogen (secondary N) is 1. The lowest BCUT2D eigenvalue weighted by Crippen LogP contribution is -2.43. The first-order valence-electron chi connectivity index (χ1n) is 9.79. The van der Waals surface area contributed by atoms with Crippen LogP contribution in [0, 0.1) is 5.92 Å². The average Bonchev–Trinajstić information content (AvgIpc) is 2.69. The molecule has 0 saturated heterocycles. The van der Waals surface area contributed by atoms with Gasteiger partial charge in [0.25, 0.3) is 0 Å². The molecule has 0 unspecified atom stereocenters. The first-order valence-corrected chi connectivity index (χ1v) is 10.2. The van der Waals surface area contributed by atoms with Gasteiger partial charge in [-0.05, 0) is 35.6 Å². The quantitative estimate of drug-likeness (QED) is 0.645. The van der Waals surface area contributed by atoms with Gasteiger partial charge in [0.2, 0.25) is 11.8 Å². The Kier molecular flexibility index (Phi) is 8.52. The fraction of sp³-hybridized carbons (Fsp3) is 0.391. The molecule has 0 aromatic heterocycles. The van der Waals surface area contributed by atoms with Crippen molar-refractivity contribution in [2.24, 2.45) is 5.92 Å². The van der Waals surface area contributed by atoms with Crippen molar-refractivity contribution in [3.05, 3.63) is 70.7 Å². The molecule has 0 fully saturated rings. The van der Waals surface area contributed by atoms with Crippen LogP contribution in [0.25, 0.3) is 0 Å². The van der Waals surface area contributed by atoms with Crippen molar-refractivity contribution in [3.8, 4) is 0 Å². The number of nitrogens with zero attached hydrogens (tertiary/aromatic N) is 1. The van der Waals surface area contributed by atoms with Gasteiger partial charge in [0, 0.05) is 24.5 Å². The molecule has 4 nitrogen and oxygen atoms in total. The Balaban J connectivity index is 2.33. The molecule has 28 heavy (non-hydrogen) atoms. The Morgan fingerprint density at radius 1 is 1.04 bits per heavy atom. The topological polar surface area (TPSA) is 49.4 Å². The largest absolute Gasteiger partial charge is 0.354 e. The Hall–Kier alpha value is -2.33. The van der Waals surface area contributed by atoms with E-state index in [1.165, 1.54) is 0 Å². The number of halogens is 1. The van der Waals surface area contributed by atoms with E-state index in [2.05, 4.69) is 19.2 Å². The monoisotopic (exact) mass is 400 g/mol. The SMILES string of the molecule is CCC(=O)N(Cc1ccc(Cl)cc1)[C@@H](C(=O)NCCC(C)C)c1ccccc1. The third kappa shape index (κ3) is 6.38. The number of carbonyl (C=O) groups is 2. The molecule has 1 atom stereocenters. The van der Waals surface area contributed by atoms with E-state index in [9.17, 15) is 9.59 Å². The second-order valence-corrected chi connectivity index (χ2v) is 7.72. The highest BCUT2D eigenvalue weighted by molar-refractivity contribution is 6.30. The average molecular weight is 401 g/mol. The molecule has 0 aliphatic heterocycles. The number of benzene rings is 2. The highest BCUT2D eigenvalue weighted by atomic mass is 35.5. The van der Waals surface area contributed by atoms with Crippen LogP contribution in [0.4, 0.5) is 0 Å². The van der Waals surface area contributed by atoms with E-state index in [0.717, 1.165) is 17.5 Å². The summed E-state index contributed by atoms with van der Waals surface area (Å²) in [5, 5.41) is 3.65. The molecule has 2 rings (SSSR count). The van der Waals surface area contributed by atoms with Crippen molar-refractivity contribution in [2.45, 2.75) is 46.2 Å². The van der Waals surface area contributed by atoms with Crippen molar-refractivity contribution in [1.29, 1.82) is 0 Å². The van der Waals surface area contributed by atoms with Gasteiger partial charge in [-0.2, -0.15) is 0 Å². The van der Waals surface area contributed by atoms with Crippen LogP contribution in [-0.2, 0) is 16.1 Å². The van der Waals surface area contributed by atoms with Crippen LogP contribution in [-0.4, -0.2) is 23.3 Å². The van der Waals surface area contributed by atoms with Gasteiger partial charge in [0.05, 0.1) is 0 Å². The summed E-state index contributed by atoms with van der Waals surface area (Å²) in [4.78, 5) is 27.6. The van der Waals surface area contributed by atoms with Gasteiger partial charge in [0.1, 0.15) is 6.04 Å². The molecule has 0 aliphatic rings. The van der Waals surface area contributed by atoms with Gasteiger partial charge in [0.15, 0.2) is 0 Å². The molecule has 5 heteroatoms. The van der Waals surface area contributed by atoms with E-state index in [0.29, 0.717) is 30.5 Å². The van der Waals surface area contributed by atoms with Gasteiger partial charge < -0.3 is 10.2 Å². The number of amides is 2. The molecule has 1 N–H and O–H groups in total. The normalized spacial score (nSPS) is 11.9. The molecule has 0 radical (unpaired) electrons. The molecule has 0 bridgehead atoms. The Bertz CT molecular complexity index is 760. The molecule has 2 aromatic rings. The summed E-state index contributed by atoms with van der Waals surface area (Å²) in [7, 11) is 0. The maximum atomic E-state index is 13.1. The van der Waals surface area contributed by atoms with Crippen LogP contribution in [0.2, 0.25) is 5.02 Å². The van der Waals surface area contributed by atoms with Gasteiger partial charge in [-0.15, -0.1) is 0 Å². The van der Waals surface area contributed by atoms with E-state index >= 15 is 0 Å². The van der Waals surface area contributed by atoms with Crippen molar-refractivity contribution in [1.82, 2.24) is 10.2 Å². The molecule has 0 saturated carbocycles. The number of hydrogen-bond acceptors (Lipinski definition) is 2. The summed E-state index contributed by atoms with van der Waals surface area (Å²) in [6, 6.07) is 16.2. The third-order valence-corrected chi connectivity index (χ3v) is 4.84. The first-order chi connectivity index (χ1) is 13.4. The van der Waals surface area contributed by atoms with Crippen LogP contribution in [0.5, 0.6) is 0 Å². The fourth-order valence-corrected chi connectivity index (χ4v) is 3.13. The van der Waals surface area contributed by atoms with Crippen LogP contribution in [0.1, 0.15) is 50.8 Å². The summed E-state index contributed by atoms with van der Waals surface area (Å²) >= 11 is 5.98. The minimum Gasteiger partial charge on any atom is -0.354 e. The van der Waals surface area contributed by atoms with Crippen molar-refractivity contribution in [3.63, 3.8) is 0 Å². The standard InChI is InChI=1S/C23H29ClN2O2/c1-4-21(27)26(16-18-10-12-20(24)13-11-18)22(19-8-6-5-7-9-19)23(28)25-15-14-17(2)3/h5-13,17,22H,4,14-16H2,1-3H3,(H,25,28)/t22-/m1/s1. The molecule has 0 aliphatic carbocycles. The lowest BCUT2D eigenvalue weighted by Gasteiger charge is -2.31. The zero-order valence-electron chi connectivity index (χ0n) is 16.8. The van der Waals surface area contributed by atoms with Crippen LogP contribution >= 0.6 is 11.6 Å². The third-order valence-electron chi connectivity index (χ3n) is 4.59. The first kappa shape index (κ1) is 22.0. The Morgan fingerprint density at radius 2 is 1.68 bits per heavy atom. The van der Waals surface area contributed by atoms with Gasteiger partial charge in [-0.3, -0.25) is 9.59 Å². The smallest absolute Gasteiger partial charge is 0.247 e. The maximum absolute atomic E-state index is 13.1. The molecule has 150 valence electrons. The fourth-order valence-electron chi connectivity index (χ4n) is 3.00. The highest BCUT2D eigenvalue weighted by Gasteiger charge is 2.30. The van der Waals surface area contributed by atoms with Crippen LogP contribution in [0.3, 0.4) is 0 Å². The Labute approximate surface area is 172 Å². The summed E-state index contributed by atoms with van der Waals surface area (Å²) in [5.41, 5.74) is 1.74. The lowest BCUT2D eigenvalue weighted by molar-refractivity contribution is -0.141. The number of hydrogen-bond donors (Lipinski definition) is 1. The second kappa shape index (κ2) is 10.9. The number of rotatable bonds is 9. The summed E-state index contributed by atoms with van der Waals surface area (Å²) in [6.07, 6.45) is 1.22. The Morgan fingerprint density at radius 3 is 2.25 bits per heavy atom. The maximum Gasteiger partial charge on any atom is 0.247 e. The van der Waals surface area contributed by atoms with Crippen molar-refractivity contribution >= 4 is 23.4 Å². The van der Waals surface area contributed by atoms with Crippen LogP contribution in [0.15, 0.2) is 54.6 Å². The van der Waals surface area contributed by atoms with Gasteiger partial charge >= 0.3 is 0 Å². The van der Waals surface area contributed by atoms with Gasteiger partial charge in [-0.25, -0.2) is 0 Å². The summed E-state index contributed by atoms with van der Waals surface area (Å²) in [6.45, 7) is 6.99. The van der Waals surface area contributed by atoms with Gasteiger partial charge in [-0.1, -0.05) is 74.8 Å². The molecular formula is C23H29ClN2O2. The predicted molar refractivity (Wildman–Crippen MR) is 114 cm³/mol. The zero-order chi connectivity index (χ0) is 20.5. The van der Waals surface area contributed by atoms with Crippen molar-refractivity contribution < 1.29 is 9.59 Å². The minimum atomic E-state index is -0.670. The lowest BCUT2D eigenvalue weighted by atomic mass is 10.0. The van der Waals surface area contributed by atoms with E-state index in [1.807, 2.05) is 49.4 Å². The predicted octanol–water partition coefficient (Wildman–Crippen LogP) is 4.98. The summed E-state index contributed by atoms with van der Waals surface area (Å²) < 4.78 is 0. The molecule has 2 aromatic carbocycles. The highest BCUT2D eigenvalue weighted by Crippen LogP contribution is 2.25. The zero-order valence-corrected chi connectivity index (χ0v) is 17.6. The molecule has 2 amide bonds. The molecule has 0 spiro atoms. The van der Waals surface area contributed by atoms with E-state index in [4.69, 9.17) is 11.6 Å². The van der Waals surface area contributed by atoms with E-state index in [1.54, 1.807) is 17.0 Å². The van der Waals surface area contributed by atoms with Crippen LogP contribution < -0.4 is 5.32 Å². The minimum absolute atomic E-state index is 0.0668. The summed E-state index contributed by atoms with van der Waals surface area (Å²) in [5.74, 6) is 0.281. The molecular weight excluding hydrogens is 372 g/mol. The molecule has 0 heterocycles. The second-order valence-electron chi connectivity index (χ2n) is 7.29. The number of carbonyl (C=O) groups excluding carboxylic acids is 2.